The van der Waals surface area contributed by atoms with E-state index in [9.17, 15) is 9.59 Å². The van der Waals surface area contributed by atoms with Crippen LogP contribution in [0.5, 0.6) is 0 Å². The van der Waals surface area contributed by atoms with Gasteiger partial charge in [-0.1, -0.05) is 5.16 Å². The summed E-state index contributed by atoms with van der Waals surface area (Å²) in [6.45, 7) is 3.77. The molecule has 1 amide bonds. The molecule has 0 aromatic carbocycles. The molecule has 0 fully saturated rings. The quantitative estimate of drug-likeness (QED) is 0.891. The van der Waals surface area contributed by atoms with E-state index in [1.165, 1.54) is 4.90 Å². The number of nitrogens with zero attached hydrogens (tertiary/aromatic N) is 2. The molecule has 102 valence electrons. The van der Waals surface area contributed by atoms with E-state index in [4.69, 9.17) is 4.42 Å². The maximum Gasteiger partial charge on any atom is 0.438 e. The molecule has 7 heteroatoms. The van der Waals surface area contributed by atoms with E-state index < -0.39 is 11.7 Å². The van der Waals surface area contributed by atoms with Gasteiger partial charge in [0.15, 0.2) is 5.82 Å². The van der Waals surface area contributed by atoms with Gasteiger partial charge in [-0.25, -0.2) is 4.79 Å². The highest BCUT2D eigenvalue weighted by Gasteiger charge is 2.22. The van der Waals surface area contributed by atoms with E-state index in [2.05, 4.69) is 14.7 Å². The van der Waals surface area contributed by atoms with Crippen LogP contribution < -0.4 is 5.76 Å². The fourth-order valence-electron chi connectivity index (χ4n) is 1.77. The van der Waals surface area contributed by atoms with Crippen LogP contribution in [0.15, 0.2) is 25.9 Å². The number of H-pyrrole nitrogens is 1. The third-order valence-electron chi connectivity index (χ3n) is 2.81. The van der Waals surface area contributed by atoms with Crippen LogP contribution in [0, 0.1) is 6.92 Å². The fraction of sp³-hybridized carbons (Fsp3) is 0.417. The van der Waals surface area contributed by atoms with Crippen LogP contribution in [0.2, 0.25) is 0 Å². The highest BCUT2D eigenvalue weighted by Crippen LogP contribution is 2.20. The third kappa shape index (κ3) is 2.93. The zero-order valence-electron chi connectivity index (χ0n) is 11.0. The van der Waals surface area contributed by atoms with Crippen LogP contribution in [0.3, 0.4) is 0 Å². The molecule has 1 unspecified atom stereocenters. The van der Waals surface area contributed by atoms with Crippen molar-refractivity contribution in [2.45, 2.75) is 26.3 Å². The summed E-state index contributed by atoms with van der Waals surface area (Å²) in [6, 6.07) is 3.60. The smallest absolute Gasteiger partial charge is 0.438 e. The van der Waals surface area contributed by atoms with Crippen LogP contribution in [0.25, 0.3) is 0 Å². The summed E-state index contributed by atoms with van der Waals surface area (Å²) in [7, 11) is 1.63. The van der Waals surface area contributed by atoms with Crippen molar-refractivity contribution in [1.29, 1.82) is 0 Å². The molecule has 0 saturated carbocycles. The summed E-state index contributed by atoms with van der Waals surface area (Å²) in [5.41, 5.74) is 0. The van der Waals surface area contributed by atoms with Gasteiger partial charge in [-0.05, 0) is 26.0 Å². The lowest BCUT2D eigenvalue weighted by atomic mass is 10.1. The Morgan fingerprint density at radius 3 is 2.79 bits per heavy atom. The molecule has 0 radical (unpaired) electrons. The predicted molar refractivity (Wildman–Crippen MR) is 65.5 cm³/mol. The molecule has 19 heavy (non-hydrogen) atoms. The molecule has 0 saturated heterocycles. The van der Waals surface area contributed by atoms with Gasteiger partial charge in [0.1, 0.15) is 11.5 Å². The van der Waals surface area contributed by atoms with Crippen molar-refractivity contribution in [3.63, 3.8) is 0 Å². The number of aromatic nitrogens is 2. The van der Waals surface area contributed by atoms with Gasteiger partial charge in [0.05, 0.1) is 12.5 Å². The van der Waals surface area contributed by atoms with Crippen molar-refractivity contribution in [2.75, 3.05) is 7.05 Å². The summed E-state index contributed by atoms with van der Waals surface area (Å²) in [6.07, 6.45) is 0. The van der Waals surface area contributed by atoms with Crippen molar-refractivity contribution in [3.05, 3.63) is 40.0 Å². The second-order valence-corrected chi connectivity index (χ2v) is 4.41. The Morgan fingerprint density at radius 1 is 1.53 bits per heavy atom. The van der Waals surface area contributed by atoms with Crippen LogP contribution in [0.4, 0.5) is 0 Å². The van der Waals surface area contributed by atoms with Crippen molar-refractivity contribution in [1.82, 2.24) is 15.0 Å². The Labute approximate surface area is 109 Å². The zero-order chi connectivity index (χ0) is 14.0. The van der Waals surface area contributed by atoms with E-state index in [1.54, 1.807) is 20.0 Å². The number of aryl methyl sites for hydroxylation is 1. The number of carbonyl (C=O) groups is 1. The molecule has 2 aromatic rings. The molecule has 1 N–H and O–H groups in total. The first kappa shape index (κ1) is 13.1. The molecule has 0 spiro atoms. The summed E-state index contributed by atoms with van der Waals surface area (Å²) >= 11 is 0. The van der Waals surface area contributed by atoms with E-state index in [-0.39, 0.29) is 12.5 Å². The van der Waals surface area contributed by atoms with Crippen LogP contribution >= 0.6 is 0 Å². The Morgan fingerprint density at radius 2 is 2.26 bits per heavy atom. The summed E-state index contributed by atoms with van der Waals surface area (Å²) in [4.78, 5) is 26.8. The highest BCUT2D eigenvalue weighted by atomic mass is 16.5. The minimum atomic E-state index is -0.634. The normalized spacial score (nSPS) is 12.4. The number of furan rings is 1. The Balaban J connectivity index is 2.04. The standard InChI is InChI=1S/C12H15N3O4/c1-7-4-5-9(18-7)8(2)11(16)15(3)6-10-13-12(17)19-14-10/h4-5,8H,6H2,1-3H3,(H,13,14,17). The molecule has 0 aliphatic heterocycles. The predicted octanol–water partition coefficient (Wildman–Crippen LogP) is 1.03. The zero-order valence-corrected chi connectivity index (χ0v) is 11.0. The number of likely N-dealkylation sites (N-methyl/N-ethyl adjacent to an activating group) is 1. The van der Waals surface area contributed by atoms with Crippen LogP contribution in [-0.2, 0) is 11.3 Å². The van der Waals surface area contributed by atoms with E-state index >= 15 is 0 Å². The SMILES string of the molecule is Cc1ccc(C(C)C(=O)N(C)Cc2noc(=O)[nH]2)o1. The monoisotopic (exact) mass is 265 g/mol. The molecule has 2 rings (SSSR count). The number of rotatable bonds is 4. The fourth-order valence-corrected chi connectivity index (χ4v) is 1.77. The van der Waals surface area contributed by atoms with Gasteiger partial charge in [-0.2, -0.15) is 0 Å². The van der Waals surface area contributed by atoms with Crippen LogP contribution in [0.1, 0.15) is 30.2 Å². The number of carbonyl (C=O) groups excluding carboxylic acids is 1. The molecule has 2 aromatic heterocycles. The number of amides is 1. The van der Waals surface area contributed by atoms with Gasteiger partial charge in [0.2, 0.25) is 5.91 Å². The second kappa shape index (κ2) is 5.13. The number of hydrogen-bond donors (Lipinski definition) is 1. The number of hydrogen-bond acceptors (Lipinski definition) is 5. The average molecular weight is 265 g/mol. The lowest BCUT2D eigenvalue weighted by Crippen LogP contribution is -2.30. The summed E-state index contributed by atoms with van der Waals surface area (Å²) < 4.78 is 9.81. The first-order valence-electron chi connectivity index (χ1n) is 5.83. The maximum atomic E-state index is 12.2. The lowest BCUT2D eigenvalue weighted by Gasteiger charge is -2.18. The number of nitrogens with one attached hydrogen (secondary N) is 1. The Kier molecular flexibility index (Phi) is 3.55. The largest absolute Gasteiger partial charge is 0.466 e. The molecule has 0 bridgehead atoms. The second-order valence-electron chi connectivity index (χ2n) is 4.41. The minimum absolute atomic E-state index is 0.127. The topological polar surface area (TPSA) is 92.3 Å². The molecule has 0 aliphatic rings. The van der Waals surface area contributed by atoms with E-state index in [0.29, 0.717) is 11.6 Å². The number of aromatic amines is 1. The Hall–Kier alpha value is -2.31. The molecular weight excluding hydrogens is 250 g/mol. The van der Waals surface area contributed by atoms with E-state index in [0.717, 1.165) is 5.76 Å². The van der Waals surface area contributed by atoms with E-state index in [1.807, 2.05) is 13.0 Å². The highest BCUT2D eigenvalue weighted by molar-refractivity contribution is 5.82. The van der Waals surface area contributed by atoms with Gasteiger partial charge >= 0.3 is 5.76 Å². The van der Waals surface area contributed by atoms with Crippen molar-refractivity contribution in [2.24, 2.45) is 0 Å². The lowest BCUT2D eigenvalue weighted by molar-refractivity contribution is -0.132. The molecule has 1 atom stereocenters. The van der Waals surface area contributed by atoms with Gasteiger partial charge in [-0.15, -0.1) is 0 Å². The molecule has 7 nitrogen and oxygen atoms in total. The van der Waals surface area contributed by atoms with Crippen molar-refractivity contribution < 1.29 is 13.7 Å². The molecule has 2 heterocycles. The first-order chi connectivity index (χ1) is 8.97. The van der Waals surface area contributed by atoms with Crippen molar-refractivity contribution in [3.8, 4) is 0 Å². The molecule has 0 aliphatic carbocycles. The maximum absolute atomic E-state index is 12.2. The minimum Gasteiger partial charge on any atom is -0.466 e. The van der Waals surface area contributed by atoms with Crippen LogP contribution in [-0.4, -0.2) is 28.0 Å². The summed E-state index contributed by atoms with van der Waals surface area (Å²) in [5, 5.41) is 3.51. The molecular formula is C12H15N3O4. The van der Waals surface area contributed by atoms with Crippen molar-refractivity contribution >= 4 is 5.91 Å². The van der Waals surface area contributed by atoms with Gasteiger partial charge in [0, 0.05) is 7.05 Å². The summed E-state index contributed by atoms with van der Waals surface area (Å²) in [5.74, 6) is 0.533. The van der Waals surface area contributed by atoms with Gasteiger partial charge < -0.3 is 9.32 Å². The third-order valence-corrected chi connectivity index (χ3v) is 2.81. The Bertz CT molecular complexity index is 625. The van der Waals surface area contributed by atoms with Gasteiger partial charge in [0.25, 0.3) is 0 Å². The average Bonchev–Trinajstić information content (AvgIpc) is 2.96. The van der Waals surface area contributed by atoms with Gasteiger partial charge in [-0.3, -0.25) is 14.3 Å². The first-order valence-corrected chi connectivity index (χ1v) is 5.83.